The average molecular weight is 467 g/mol. The van der Waals surface area contributed by atoms with Gasteiger partial charge in [0, 0.05) is 4.47 Å². The molecule has 2 amide bonds. The summed E-state index contributed by atoms with van der Waals surface area (Å²) in [6.45, 7) is 0. The van der Waals surface area contributed by atoms with Crippen LogP contribution >= 0.6 is 27.7 Å². The zero-order valence-corrected chi connectivity index (χ0v) is 17.4. The molecule has 0 fully saturated rings. The van der Waals surface area contributed by atoms with Crippen LogP contribution < -0.4 is 10.6 Å². The fourth-order valence-electron chi connectivity index (χ4n) is 2.24. The Morgan fingerprint density at radius 2 is 2.07 bits per heavy atom. The summed E-state index contributed by atoms with van der Waals surface area (Å²) < 4.78 is 5.84. The number of amides is 2. The van der Waals surface area contributed by atoms with Crippen molar-refractivity contribution in [3.05, 3.63) is 64.2 Å². The van der Waals surface area contributed by atoms with Crippen LogP contribution in [0.25, 0.3) is 6.08 Å². The van der Waals surface area contributed by atoms with Crippen LogP contribution in [-0.4, -0.2) is 40.9 Å². The van der Waals surface area contributed by atoms with Gasteiger partial charge in [-0.15, -0.1) is 0 Å². The molecule has 0 saturated carbocycles. The lowest BCUT2D eigenvalue weighted by atomic mass is 10.1. The number of hydrogen-bond acceptors (Lipinski definition) is 5. The number of rotatable bonds is 9. The van der Waals surface area contributed by atoms with Crippen LogP contribution in [0.2, 0.25) is 0 Å². The number of benzene rings is 1. The molecule has 1 aromatic heterocycles. The third-order valence-electron chi connectivity index (χ3n) is 3.61. The van der Waals surface area contributed by atoms with E-state index < -0.39 is 23.8 Å². The topological polar surface area (TPSA) is 109 Å². The summed E-state index contributed by atoms with van der Waals surface area (Å²) >= 11 is 4.83. The van der Waals surface area contributed by atoms with E-state index in [1.54, 1.807) is 24.3 Å². The van der Waals surface area contributed by atoms with Crippen molar-refractivity contribution in [1.29, 1.82) is 0 Å². The highest BCUT2D eigenvalue weighted by molar-refractivity contribution is 9.10. The summed E-state index contributed by atoms with van der Waals surface area (Å²) in [6.07, 6.45) is 4.92. The monoisotopic (exact) mass is 466 g/mol. The number of carbonyl (C=O) groups excluding carboxylic acids is 2. The third kappa shape index (κ3) is 6.58. The first-order valence-corrected chi connectivity index (χ1v) is 10.4. The van der Waals surface area contributed by atoms with Crippen LogP contribution in [0.5, 0.6) is 0 Å². The van der Waals surface area contributed by atoms with E-state index in [0.29, 0.717) is 11.3 Å². The molecule has 2 aromatic rings. The molecule has 0 aliphatic carbocycles. The van der Waals surface area contributed by atoms with Gasteiger partial charge >= 0.3 is 5.97 Å². The van der Waals surface area contributed by atoms with Gasteiger partial charge in [-0.2, -0.15) is 11.8 Å². The number of carboxylic acids is 1. The number of hydrogen-bond donors (Lipinski definition) is 3. The number of thioether (sulfide) groups is 1. The number of nitrogens with one attached hydrogen (secondary N) is 2. The van der Waals surface area contributed by atoms with Gasteiger partial charge < -0.3 is 20.2 Å². The summed E-state index contributed by atoms with van der Waals surface area (Å²) in [5.74, 6) is -1.85. The smallest absolute Gasteiger partial charge is 0.326 e. The predicted octanol–water partition coefficient (Wildman–Crippen LogP) is 3.14. The Bertz CT molecular complexity index is 867. The fourth-order valence-corrected chi connectivity index (χ4v) is 3.13. The van der Waals surface area contributed by atoms with E-state index in [1.165, 1.54) is 30.2 Å². The standard InChI is InChI=1S/C19H19BrN2O5S/c1-28-9-7-14(19(25)26)21-17(23)15(11-12-4-2-5-13(20)10-12)22-18(24)16-6-3-8-27-16/h2-6,8,10-11,14H,7,9H2,1H3,(H,21,23)(H,22,24)(H,25,26). The Morgan fingerprint density at radius 1 is 1.29 bits per heavy atom. The van der Waals surface area contributed by atoms with E-state index in [0.717, 1.165) is 4.47 Å². The summed E-state index contributed by atoms with van der Waals surface area (Å²) in [5.41, 5.74) is 0.560. The number of furan rings is 1. The molecule has 2 rings (SSSR count). The first-order valence-electron chi connectivity index (χ1n) is 8.25. The maximum absolute atomic E-state index is 12.7. The zero-order valence-electron chi connectivity index (χ0n) is 15.0. The quantitative estimate of drug-likeness (QED) is 0.489. The Balaban J connectivity index is 2.27. The largest absolute Gasteiger partial charge is 0.480 e. The van der Waals surface area contributed by atoms with Crippen LogP contribution in [0.3, 0.4) is 0 Å². The molecule has 0 saturated heterocycles. The van der Waals surface area contributed by atoms with E-state index in [4.69, 9.17) is 4.42 Å². The first-order chi connectivity index (χ1) is 13.4. The molecular formula is C19H19BrN2O5S. The van der Waals surface area contributed by atoms with E-state index in [9.17, 15) is 19.5 Å². The van der Waals surface area contributed by atoms with Crippen LogP contribution in [0.15, 0.2) is 57.2 Å². The molecule has 9 heteroatoms. The molecule has 1 heterocycles. The molecule has 148 valence electrons. The molecule has 0 bridgehead atoms. The van der Waals surface area contributed by atoms with Gasteiger partial charge in [0.05, 0.1) is 6.26 Å². The maximum Gasteiger partial charge on any atom is 0.326 e. The maximum atomic E-state index is 12.7. The Kier molecular flexibility index (Phi) is 8.34. The van der Waals surface area contributed by atoms with E-state index in [1.807, 2.05) is 12.3 Å². The second kappa shape index (κ2) is 10.7. The molecule has 0 spiro atoms. The van der Waals surface area contributed by atoms with Crippen molar-refractivity contribution in [2.24, 2.45) is 0 Å². The highest BCUT2D eigenvalue weighted by Crippen LogP contribution is 2.15. The second-order valence-electron chi connectivity index (χ2n) is 5.69. The van der Waals surface area contributed by atoms with Crippen molar-refractivity contribution < 1.29 is 23.9 Å². The molecule has 1 atom stereocenters. The van der Waals surface area contributed by atoms with Crippen molar-refractivity contribution in [3.63, 3.8) is 0 Å². The molecular weight excluding hydrogens is 448 g/mol. The summed E-state index contributed by atoms with van der Waals surface area (Å²) in [6, 6.07) is 9.05. The Labute approximate surface area is 174 Å². The van der Waals surface area contributed by atoms with Gasteiger partial charge in [0.2, 0.25) is 0 Å². The first kappa shape index (κ1) is 21.8. The second-order valence-corrected chi connectivity index (χ2v) is 7.59. The number of halogens is 1. The molecule has 3 N–H and O–H groups in total. The highest BCUT2D eigenvalue weighted by atomic mass is 79.9. The fraction of sp³-hybridized carbons (Fsp3) is 0.211. The van der Waals surface area contributed by atoms with Crippen LogP contribution in [-0.2, 0) is 9.59 Å². The van der Waals surface area contributed by atoms with Crippen molar-refractivity contribution in [1.82, 2.24) is 10.6 Å². The minimum Gasteiger partial charge on any atom is -0.480 e. The molecule has 28 heavy (non-hydrogen) atoms. The van der Waals surface area contributed by atoms with Crippen molar-refractivity contribution in [3.8, 4) is 0 Å². The molecule has 7 nitrogen and oxygen atoms in total. The van der Waals surface area contributed by atoms with Gasteiger partial charge in [0.15, 0.2) is 5.76 Å². The van der Waals surface area contributed by atoms with Crippen LogP contribution in [0.1, 0.15) is 22.5 Å². The predicted molar refractivity (Wildman–Crippen MR) is 111 cm³/mol. The van der Waals surface area contributed by atoms with Crippen LogP contribution in [0, 0.1) is 0 Å². The summed E-state index contributed by atoms with van der Waals surface area (Å²) in [5, 5.41) is 14.3. The lowest BCUT2D eigenvalue weighted by Gasteiger charge is -2.16. The lowest BCUT2D eigenvalue weighted by molar-refractivity contribution is -0.141. The minimum atomic E-state index is -1.14. The van der Waals surface area contributed by atoms with Crippen molar-refractivity contribution >= 4 is 51.6 Å². The van der Waals surface area contributed by atoms with Gasteiger partial charge in [0.1, 0.15) is 11.7 Å². The van der Waals surface area contributed by atoms with Crippen molar-refractivity contribution in [2.75, 3.05) is 12.0 Å². The average Bonchev–Trinajstić information content (AvgIpc) is 3.19. The van der Waals surface area contributed by atoms with E-state index in [-0.39, 0.29) is 17.9 Å². The summed E-state index contributed by atoms with van der Waals surface area (Å²) in [4.78, 5) is 36.4. The lowest BCUT2D eigenvalue weighted by Crippen LogP contribution is -2.44. The molecule has 0 aliphatic heterocycles. The molecule has 0 aliphatic rings. The normalized spacial score (nSPS) is 12.3. The van der Waals surface area contributed by atoms with Gasteiger partial charge in [0.25, 0.3) is 11.8 Å². The zero-order chi connectivity index (χ0) is 20.5. The molecule has 1 aromatic carbocycles. The Hall–Kier alpha value is -2.52. The van der Waals surface area contributed by atoms with Gasteiger partial charge in [-0.05, 0) is 54.3 Å². The Morgan fingerprint density at radius 3 is 2.68 bits per heavy atom. The molecule has 0 radical (unpaired) electrons. The highest BCUT2D eigenvalue weighted by Gasteiger charge is 2.23. The van der Waals surface area contributed by atoms with Gasteiger partial charge in [-0.3, -0.25) is 9.59 Å². The SMILES string of the molecule is CSCCC(NC(=O)C(=Cc1cccc(Br)c1)NC(=O)c1ccco1)C(=O)O. The number of aliphatic carboxylic acids is 1. The summed E-state index contributed by atoms with van der Waals surface area (Å²) in [7, 11) is 0. The minimum absolute atomic E-state index is 0.0325. The van der Waals surface area contributed by atoms with E-state index in [2.05, 4.69) is 26.6 Å². The number of carbonyl (C=O) groups is 3. The number of carboxylic acid groups (broad SMARTS) is 1. The van der Waals surface area contributed by atoms with E-state index >= 15 is 0 Å². The van der Waals surface area contributed by atoms with Gasteiger partial charge in [-0.1, -0.05) is 28.1 Å². The van der Waals surface area contributed by atoms with Crippen molar-refractivity contribution in [2.45, 2.75) is 12.5 Å². The van der Waals surface area contributed by atoms with Crippen LogP contribution in [0.4, 0.5) is 0 Å². The third-order valence-corrected chi connectivity index (χ3v) is 4.75. The van der Waals surface area contributed by atoms with Gasteiger partial charge in [-0.25, -0.2) is 4.79 Å². The molecule has 1 unspecified atom stereocenters.